The maximum absolute atomic E-state index is 6.52. The largest absolute Gasteiger partial charge is 0.383 e. The van der Waals surface area contributed by atoms with E-state index in [0.717, 1.165) is 16.8 Å². The number of aryl methyl sites for hydroxylation is 1. The minimum Gasteiger partial charge on any atom is -0.383 e. The van der Waals surface area contributed by atoms with Crippen molar-refractivity contribution in [1.29, 1.82) is 0 Å². The van der Waals surface area contributed by atoms with Crippen LogP contribution in [-0.2, 0) is 0 Å². The van der Waals surface area contributed by atoms with E-state index in [2.05, 4.69) is 15.4 Å². The number of nitrogens with zero attached hydrogens (tertiary/aromatic N) is 4. The molecule has 6 nitrogen and oxygen atoms in total. The normalized spacial score (nSPS) is 11.3. The first kappa shape index (κ1) is 18.3. The van der Waals surface area contributed by atoms with Gasteiger partial charge in [-0.3, -0.25) is 0 Å². The molecule has 0 fully saturated rings. The summed E-state index contributed by atoms with van der Waals surface area (Å²) in [5.41, 5.74) is 10.6. The van der Waals surface area contributed by atoms with Gasteiger partial charge in [0.25, 0.3) is 0 Å². The molecule has 0 aliphatic heterocycles. The number of halogens is 1. The van der Waals surface area contributed by atoms with Gasteiger partial charge in [-0.25, -0.2) is 9.67 Å². The van der Waals surface area contributed by atoms with E-state index in [0.29, 0.717) is 33.5 Å². The fourth-order valence-corrected chi connectivity index (χ4v) is 3.33. The van der Waals surface area contributed by atoms with Crippen molar-refractivity contribution in [3.8, 4) is 16.9 Å². The summed E-state index contributed by atoms with van der Waals surface area (Å²) in [5, 5.41) is 9.26. The van der Waals surface area contributed by atoms with Crippen molar-refractivity contribution in [2.75, 3.05) is 11.1 Å². The predicted molar refractivity (Wildman–Crippen MR) is 115 cm³/mol. The molecule has 0 atom stereocenters. The molecule has 2 aromatic heterocycles. The lowest BCUT2D eigenvalue weighted by Crippen LogP contribution is -2.13. The Morgan fingerprint density at radius 2 is 1.86 bits per heavy atom. The molecule has 0 aliphatic rings. The van der Waals surface area contributed by atoms with Gasteiger partial charge in [-0.05, 0) is 50.6 Å². The number of hydrogen-bond acceptors (Lipinski definition) is 5. The van der Waals surface area contributed by atoms with Gasteiger partial charge < -0.3 is 11.1 Å². The van der Waals surface area contributed by atoms with Crippen LogP contribution in [0.2, 0.25) is 5.02 Å². The third-order valence-corrected chi connectivity index (χ3v) is 4.57. The topological polar surface area (TPSA) is 81.7 Å². The van der Waals surface area contributed by atoms with E-state index < -0.39 is 0 Å². The second-order valence-electron chi connectivity index (χ2n) is 7.04. The van der Waals surface area contributed by atoms with Gasteiger partial charge in [0.05, 0.1) is 16.8 Å². The van der Waals surface area contributed by atoms with Gasteiger partial charge >= 0.3 is 0 Å². The zero-order chi connectivity index (χ0) is 19.8. The van der Waals surface area contributed by atoms with Crippen LogP contribution < -0.4 is 11.1 Å². The van der Waals surface area contributed by atoms with Crippen LogP contribution in [0, 0.1) is 6.92 Å². The van der Waals surface area contributed by atoms with Crippen molar-refractivity contribution in [3.63, 3.8) is 0 Å². The number of hydrogen-bond donors (Lipinski definition) is 2. The fraction of sp³-hybridized carbons (Fsp3) is 0.190. The van der Waals surface area contributed by atoms with Gasteiger partial charge in [0.15, 0.2) is 5.65 Å². The van der Waals surface area contributed by atoms with Crippen LogP contribution in [0.25, 0.3) is 28.0 Å². The van der Waals surface area contributed by atoms with E-state index in [1.165, 1.54) is 0 Å². The molecule has 0 saturated heterocycles. The van der Waals surface area contributed by atoms with Crippen molar-refractivity contribution in [2.45, 2.75) is 26.8 Å². The number of anilines is 2. The molecule has 0 amide bonds. The Morgan fingerprint density at radius 3 is 2.57 bits per heavy atom. The average Bonchev–Trinajstić information content (AvgIpc) is 2.97. The average molecular weight is 393 g/mol. The molecule has 2 heterocycles. The SMILES string of the molecule is Cc1cccc(-n2nc3nc(NC(C)C)nc(-c4cccc(Cl)c4)c3c2N)c1. The summed E-state index contributed by atoms with van der Waals surface area (Å²) in [6.07, 6.45) is 0. The van der Waals surface area contributed by atoms with Gasteiger partial charge in [-0.15, -0.1) is 5.10 Å². The number of fused-ring (bicyclic) bond motifs is 1. The van der Waals surface area contributed by atoms with Crippen LogP contribution in [0.1, 0.15) is 19.4 Å². The highest BCUT2D eigenvalue weighted by atomic mass is 35.5. The lowest BCUT2D eigenvalue weighted by molar-refractivity contribution is 0.871. The fourth-order valence-electron chi connectivity index (χ4n) is 3.14. The molecule has 0 radical (unpaired) electrons. The number of nitrogens with two attached hydrogens (primary N) is 1. The van der Waals surface area contributed by atoms with Gasteiger partial charge in [0.1, 0.15) is 5.82 Å². The first-order valence-electron chi connectivity index (χ1n) is 9.08. The highest BCUT2D eigenvalue weighted by molar-refractivity contribution is 6.30. The minimum atomic E-state index is 0.181. The zero-order valence-electron chi connectivity index (χ0n) is 15.9. The molecule has 0 spiro atoms. The van der Waals surface area contributed by atoms with E-state index in [1.54, 1.807) is 4.68 Å². The summed E-state index contributed by atoms with van der Waals surface area (Å²) in [6, 6.07) is 15.7. The molecule has 3 N–H and O–H groups in total. The monoisotopic (exact) mass is 392 g/mol. The van der Waals surface area contributed by atoms with Crippen molar-refractivity contribution < 1.29 is 0 Å². The highest BCUT2D eigenvalue weighted by Gasteiger charge is 2.19. The Labute approximate surface area is 168 Å². The second-order valence-corrected chi connectivity index (χ2v) is 7.48. The summed E-state index contributed by atoms with van der Waals surface area (Å²) < 4.78 is 1.71. The Balaban J connectivity index is 2.00. The maximum Gasteiger partial charge on any atom is 0.225 e. The van der Waals surface area contributed by atoms with Crippen LogP contribution in [0.5, 0.6) is 0 Å². The summed E-state index contributed by atoms with van der Waals surface area (Å²) in [4.78, 5) is 9.31. The van der Waals surface area contributed by atoms with Crippen molar-refractivity contribution in [2.24, 2.45) is 0 Å². The Hall–Kier alpha value is -3.12. The molecule has 0 bridgehead atoms. The second kappa shape index (κ2) is 7.13. The van der Waals surface area contributed by atoms with Crippen LogP contribution in [0.3, 0.4) is 0 Å². The third kappa shape index (κ3) is 3.39. The number of aromatic nitrogens is 4. The first-order chi connectivity index (χ1) is 13.4. The van der Waals surface area contributed by atoms with Crippen molar-refractivity contribution in [3.05, 3.63) is 59.1 Å². The molecule has 0 saturated carbocycles. The highest BCUT2D eigenvalue weighted by Crippen LogP contribution is 2.33. The van der Waals surface area contributed by atoms with E-state index in [9.17, 15) is 0 Å². The van der Waals surface area contributed by atoms with Crippen molar-refractivity contribution in [1.82, 2.24) is 19.7 Å². The van der Waals surface area contributed by atoms with Crippen LogP contribution in [0.15, 0.2) is 48.5 Å². The zero-order valence-corrected chi connectivity index (χ0v) is 16.7. The van der Waals surface area contributed by atoms with E-state index >= 15 is 0 Å². The van der Waals surface area contributed by atoms with Gasteiger partial charge in [-0.1, -0.05) is 35.9 Å². The molecular weight excluding hydrogens is 372 g/mol. The maximum atomic E-state index is 6.52. The summed E-state index contributed by atoms with van der Waals surface area (Å²) in [6.45, 7) is 6.10. The van der Waals surface area contributed by atoms with E-state index in [-0.39, 0.29) is 6.04 Å². The van der Waals surface area contributed by atoms with Gasteiger partial charge in [0, 0.05) is 16.6 Å². The number of nitrogen functional groups attached to an aromatic ring is 1. The smallest absolute Gasteiger partial charge is 0.225 e. The minimum absolute atomic E-state index is 0.181. The van der Waals surface area contributed by atoms with E-state index in [4.69, 9.17) is 22.3 Å². The molecule has 7 heteroatoms. The molecule has 4 rings (SSSR count). The summed E-state index contributed by atoms with van der Waals surface area (Å²) in [7, 11) is 0. The molecule has 0 aliphatic carbocycles. The van der Waals surface area contributed by atoms with Crippen LogP contribution >= 0.6 is 11.6 Å². The van der Waals surface area contributed by atoms with Gasteiger partial charge in [-0.2, -0.15) is 4.98 Å². The lowest BCUT2D eigenvalue weighted by atomic mass is 10.1. The quantitative estimate of drug-likeness (QED) is 0.519. The Morgan fingerprint density at radius 1 is 1.07 bits per heavy atom. The molecule has 4 aromatic rings. The Kier molecular flexibility index (Phi) is 4.65. The number of nitrogens with one attached hydrogen (secondary N) is 1. The van der Waals surface area contributed by atoms with E-state index in [1.807, 2.05) is 69.3 Å². The summed E-state index contributed by atoms with van der Waals surface area (Å²) in [5.74, 6) is 0.998. The third-order valence-electron chi connectivity index (χ3n) is 4.33. The Bertz CT molecular complexity index is 1160. The lowest BCUT2D eigenvalue weighted by Gasteiger charge is -2.10. The predicted octanol–water partition coefficient (Wildman–Crippen LogP) is 4.85. The standard InChI is InChI=1S/C21H21ClN6/c1-12(2)24-21-25-18(14-7-5-8-15(22)11-14)17-19(23)28(27-20(17)26-21)16-9-4-6-13(3)10-16/h4-12H,23H2,1-3H3,(H,24,26,27). The molecular formula is C21H21ClN6. The van der Waals surface area contributed by atoms with Crippen LogP contribution in [0.4, 0.5) is 11.8 Å². The molecule has 0 unspecified atom stereocenters. The number of benzene rings is 2. The first-order valence-corrected chi connectivity index (χ1v) is 9.46. The molecule has 28 heavy (non-hydrogen) atoms. The van der Waals surface area contributed by atoms with Crippen molar-refractivity contribution >= 4 is 34.4 Å². The summed E-state index contributed by atoms with van der Waals surface area (Å²) >= 11 is 6.22. The molecule has 2 aromatic carbocycles. The van der Waals surface area contributed by atoms with Crippen LogP contribution in [-0.4, -0.2) is 25.8 Å². The number of rotatable bonds is 4. The van der Waals surface area contributed by atoms with Gasteiger partial charge in [0.2, 0.25) is 5.95 Å². The molecule has 142 valence electrons.